The Hall–Kier alpha value is -2.43. The van der Waals surface area contributed by atoms with Crippen LogP contribution in [-0.2, 0) is 14.8 Å². The maximum Gasteiger partial charge on any atom is 0.265 e. The summed E-state index contributed by atoms with van der Waals surface area (Å²) in [7, 11) is -3.75. The van der Waals surface area contributed by atoms with Crippen LogP contribution in [0.1, 0.15) is 28.6 Å². The Kier molecular flexibility index (Phi) is 5.56. The highest BCUT2D eigenvalue weighted by atomic mass is 32.2. The van der Waals surface area contributed by atoms with Crippen LogP contribution in [0.15, 0.2) is 34.5 Å². The number of piperazine rings is 1. The van der Waals surface area contributed by atoms with Crippen molar-refractivity contribution in [3.63, 3.8) is 0 Å². The van der Waals surface area contributed by atoms with Crippen molar-refractivity contribution in [2.75, 3.05) is 31.5 Å². The fourth-order valence-corrected chi connectivity index (χ4v) is 5.92. The van der Waals surface area contributed by atoms with E-state index in [1.54, 1.807) is 11.0 Å². The fraction of sp³-hybridized carbons (Fsp3) is 0.400. The number of carbonyl (C=O) groups excluding carboxylic acids is 2. The van der Waals surface area contributed by atoms with Crippen molar-refractivity contribution in [1.29, 1.82) is 0 Å². The van der Waals surface area contributed by atoms with Gasteiger partial charge in [0.05, 0.1) is 15.5 Å². The Bertz CT molecular complexity index is 1090. The zero-order valence-electron chi connectivity index (χ0n) is 16.8. The molecule has 1 N–H and O–H groups in total. The third-order valence-corrected chi connectivity index (χ3v) is 8.26. The lowest BCUT2D eigenvalue weighted by Gasteiger charge is -2.34. The van der Waals surface area contributed by atoms with Crippen LogP contribution in [0, 0.1) is 6.92 Å². The van der Waals surface area contributed by atoms with Gasteiger partial charge in [0.2, 0.25) is 10.0 Å². The standard InChI is InChI=1S/C20H23N3O5S2/c1-3-16-19(24)21-15-12-14(4-5-17(15)28-16)30(26,27)23-9-7-22(8-10-23)20(25)18-13(2)6-11-29-18/h4-6,11-12,16H,3,7-10H2,1-2H3,(H,21,24)/t16-/m1/s1. The minimum atomic E-state index is -3.75. The van der Waals surface area contributed by atoms with E-state index in [1.165, 1.54) is 27.8 Å². The Morgan fingerprint density at radius 1 is 1.23 bits per heavy atom. The Morgan fingerprint density at radius 2 is 1.97 bits per heavy atom. The molecule has 160 valence electrons. The van der Waals surface area contributed by atoms with Crippen LogP contribution in [0.5, 0.6) is 5.75 Å². The first kappa shape index (κ1) is 20.8. The number of aryl methyl sites for hydroxylation is 1. The van der Waals surface area contributed by atoms with Crippen LogP contribution in [-0.4, -0.2) is 61.7 Å². The van der Waals surface area contributed by atoms with E-state index in [1.807, 2.05) is 25.3 Å². The quantitative estimate of drug-likeness (QED) is 0.773. The van der Waals surface area contributed by atoms with Gasteiger partial charge in [-0.15, -0.1) is 11.3 Å². The molecule has 1 saturated heterocycles. The topological polar surface area (TPSA) is 96.0 Å². The maximum atomic E-state index is 13.1. The summed E-state index contributed by atoms with van der Waals surface area (Å²) < 4.78 is 33.2. The molecule has 0 unspecified atom stereocenters. The van der Waals surface area contributed by atoms with Gasteiger partial charge in [0.25, 0.3) is 11.8 Å². The minimum absolute atomic E-state index is 0.0568. The molecule has 10 heteroatoms. The molecule has 1 fully saturated rings. The number of sulfonamides is 1. The zero-order valence-corrected chi connectivity index (χ0v) is 18.4. The molecule has 2 amide bonds. The molecule has 0 radical (unpaired) electrons. The van der Waals surface area contributed by atoms with Gasteiger partial charge in [-0.1, -0.05) is 6.92 Å². The molecule has 0 aliphatic carbocycles. The van der Waals surface area contributed by atoms with E-state index < -0.39 is 16.1 Å². The normalized spacial score (nSPS) is 19.7. The molecule has 0 bridgehead atoms. The number of nitrogens with one attached hydrogen (secondary N) is 1. The molecule has 1 aromatic heterocycles. The summed E-state index contributed by atoms with van der Waals surface area (Å²) >= 11 is 1.40. The largest absolute Gasteiger partial charge is 0.478 e. The molecule has 2 aromatic rings. The van der Waals surface area contributed by atoms with Crippen molar-refractivity contribution in [1.82, 2.24) is 9.21 Å². The molecule has 4 rings (SSSR count). The molecule has 8 nitrogen and oxygen atoms in total. The number of thiophene rings is 1. The third kappa shape index (κ3) is 3.70. The molecule has 3 heterocycles. The van der Waals surface area contributed by atoms with E-state index in [4.69, 9.17) is 4.74 Å². The van der Waals surface area contributed by atoms with Gasteiger partial charge in [0, 0.05) is 26.2 Å². The second-order valence-corrected chi connectivity index (χ2v) is 10.1. The van der Waals surface area contributed by atoms with Crippen LogP contribution in [0.2, 0.25) is 0 Å². The molecule has 1 atom stereocenters. The molecular weight excluding hydrogens is 426 g/mol. The Morgan fingerprint density at radius 3 is 2.60 bits per heavy atom. The van der Waals surface area contributed by atoms with Crippen molar-refractivity contribution >= 4 is 38.9 Å². The summed E-state index contributed by atoms with van der Waals surface area (Å²) in [6.07, 6.45) is -0.0446. The average Bonchev–Trinajstić information content (AvgIpc) is 3.18. The highest BCUT2D eigenvalue weighted by Gasteiger charge is 2.33. The lowest BCUT2D eigenvalue weighted by molar-refractivity contribution is -0.123. The van der Waals surface area contributed by atoms with E-state index >= 15 is 0 Å². The van der Waals surface area contributed by atoms with Crippen molar-refractivity contribution in [2.24, 2.45) is 0 Å². The SMILES string of the molecule is CC[C@H]1Oc2ccc(S(=O)(=O)N3CCN(C(=O)c4sccc4C)CC3)cc2NC1=O. The minimum Gasteiger partial charge on any atom is -0.478 e. The number of carbonyl (C=O) groups is 2. The highest BCUT2D eigenvalue weighted by Crippen LogP contribution is 2.33. The molecule has 30 heavy (non-hydrogen) atoms. The number of fused-ring (bicyclic) bond motifs is 1. The van der Waals surface area contributed by atoms with E-state index in [0.717, 1.165) is 5.56 Å². The number of hydrogen-bond donors (Lipinski definition) is 1. The number of amides is 2. The van der Waals surface area contributed by atoms with Crippen LogP contribution >= 0.6 is 11.3 Å². The first-order valence-corrected chi connectivity index (χ1v) is 12.1. The second-order valence-electron chi connectivity index (χ2n) is 7.29. The molecule has 1 aromatic carbocycles. The summed E-state index contributed by atoms with van der Waals surface area (Å²) in [6, 6.07) is 6.40. The second kappa shape index (κ2) is 8.01. The van der Waals surface area contributed by atoms with Gasteiger partial charge in [-0.3, -0.25) is 9.59 Å². The van der Waals surface area contributed by atoms with Gasteiger partial charge in [-0.2, -0.15) is 4.31 Å². The van der Waals surface area contributed by atoms with Crippen molar-refractivity contribution in [3.8, 4) is 5.75 Å². The molecular formula is C20H23N3O5S2. The molecule has 0 saturated carbocycles. The van der Waals surface area contributed by atoms with Gasteiger partial charge in [0.1, 0.15) is 5.75 Å². The third-order valence-electron chi connectivity index (χ3n) is 5.36. The monoisotopic (exact) mass is 449 g/mol. The summed E-state index contributed by atoms with van der Waals surface area (Å²) in [5.74, 6) is 0.122. The van der Waals surface area contributed by atoms with E-state index in [2.05, 4.69) is 5.32 Å². The fourth-order valence-electron chi connectivity index (χ4n) is 3.57. The molecule has 2 aliphatic heterocycles. The van der Waals surface area contributed by atoms with Gasteiger partial charge >= 0.3 is 0 Å². The number of nitrogens with zero attached hydrogens (tertiary/aromatic N) is 2. The van der Waals surface area contributed by atoms with Gasteiger partial charge in [0.15, 0.2) is 6.10 Å². The Balaban J connectivity index is 1.48. The van der Waals surface area contributed by atoms with Crippen LogP contribution in [0.4, 0.5) is 5.69 Å². The number of rotatable bonds is 4. The summed E-state index contributed by atoms with van der Waals surface area (Å²) in [5, 5.41) is 4.60. The zero-order chi connectivity index (χ0) is 21.5. The van der Waals surface area contributed by atoms with Crippen molar-refractivity contribution in [2.45, 2.75) is 31.3 Å². The first-order valence-electron chi connectivity index (χ1n) is 9.76. The summed E-state index contributed by atoms with van der Waals surface area (Å²) in [6.45, 7) is 4.84. The van der Waals surface area contributed by atoms with E-state index in [0.29, 0.717) is 35.8 Å². The van der Waals surface area contributed by atoms with Crippen LogP contribution in [0.3, 0.4) is 0 Å². The highest BCUT2D eigenvalue weighted by molar-refractivity contribution is 7.89. The smallest absolute Gasteiger partial charge is 0.265 e. The number of benzene rings is 1. The number of hydrogen-bond acceptors (Lipinski definition) is 6. The summed E-state index contributed by atoms with van der Waals surface area (Å²) in [5.41, 5.74) is 1.29. The lowest BCUT2D eigenvalue weighted by atomic mass is 10.2. The van der Waals surface area contributed by atoms with Gasteiger partial charge in [-0.05, 0) is 48.6 Å². The van der Waals surface area contributed by atoms with E-state index in [9.17, 15) is 18.0 Å². The van der Waals surface area contributed by atoms with Crippen LogP contribution in [0.25, 0.3) is 0 Å². The Labute approximate surface area is 179 Å². The predicted molar refractivity (Wildman–Crippen MR) is 113 cm³/mol. The maximum absolute atomic E-state index is 13.1. The molecule has 2 aliphatic rings. The predicted octanol–water partition coefficient (Wildman–Crippen LogP) is 2.31. The number of ether oxygens (including phenoxy) is 1. The number of anilines is 1. The molecule has 0 spiro atoms. The van der Waals surface area contributed by atoms with Gasteiger partial charge in [-0.25, -0.2) is 8.42 Å². The average molecular weight is 450 g/mol. The van der Waals surface area contributed by atoms with Crippen molar-refractivity contribution < 1.29 is 22.7 Å². The first-order chi connectivity index (χ1) is 14.3. The summed E-state index contributed by atoms with van der Waals surface area (Å²) in [4.78, 5) is 27.2. The van der Waals surface area contributed by atoms with Crippen LogP contribution < -0.4 is 10.1 Å². The lowest BCUT2D eigenvalue weighted by Crippen LogP contribution is -2.50. The van der Waals surface area contributed by atoms with E-state index in [-0.39, 0.29) is 29.8 Å². The van der Waals surface area contributed by atoms with Crippen molar-refractivity contribution in [3.05, 3.63) is 40.1 Å². The van der Waals surface area contributed by atoms with Gasteiger partial charge < -0.3 is 15.0 Å².